The van der Waals surface area contributed by atoms with Crippen molar-refractivity contribution in [1.29, 1.82) is 0 Å². The number of hydrogen-bond acceptors (Lipinski definition) is 6. The molecule has 1 heterocycles. The van der Waals surface area contributed by atoms with Gasteiger partial charge in [0.15, 0.2) is 5.79 Å². The van der Waals surface area contributed by atoms with Gasteiger partial charge < -0.3 is 24.1 Å². The van der Waals surface area contributed by atoms with E-state index in [1.165, 1.54) is 7.11 Å². The Labute approximate surface area is 161 Å². The Balaban J connectivity index is 2.06. The summed E-state index contributed by atoms with van der Waals surface area (Å²) < 4.78 is 22.5. The van der Waals surface area contributed by atoms with Crippen LogP contribution in [0.25, 0.3) is 0 Å². The fraction of sp³-hybridized carbons (Fsp3) is 0.667. The maximum atomic E-state index is 11.8. The van der Waals surface area contributed by atoms with Crippen LogP contribution >= 0.6 is 0 Å². The van der Waals surface area contributed by atoms with Gasteiger partial charge in [-0.15, -0.1) is 0 Å². The van der Waals surface area contributed by atoms with Crippen LogP contribution < -0.4 is 0 Å². The van der Waals surface area contributed by atoms with Gasteiger partial charge in [-0.05, 0) is 26.3 Å². The summed E-state index contributed by atoms with van der Waals surface area (Å²) >= 11 is 0. The molecule has 1 aromatic rings. The Morgan fingerprint density at radius 1 is 1.30 bits per heavy atom. The molecule has 0 saturated carbocycles. The van der Waals surface area contributed by atoms with Crippen molar-refractivity contribution < 1.29 is 28.8 Å². The first-order valence-corrected chi connectivity index (χ1v) is 9.46. The van der Waals surface area contributed by atoms with Crippen LogP contribution in [0.4, 0.5) is 0 Å². The highest BCUT2D eigenvalue weighted by molar-refractivity contribution is 5.72. The molecule has 0 aromatic heterocycles. The molecule has 1 N–H and O–H groups in total. The van der Waals surface area contributed by atoms with E-state index < -0.39 is 23.8 Å². The molecule has 0 amide bonds. The highest BCUT2D eigenvalue weighted by Gasteiger charge is 2.38. The van der Waals surface area contributed by atoms with E-state index >= 15 is 0 Å². The zero-order chi connectivity index (χ0) is 20.0. The van der Waals surface area contributed by atoms with Gasteiger partial charge in [0.25, 0.3) is 0 Å². The summed E-state index contributed by atoms with van der Waals surface area (Å²) in [5, 5.41) is 10.7. The Kier molecular flexibility index (Phi) is 7.79. The van der Waals surface area contributed by atoms with Gasteiger partial charge in [0, 0.05) is 12.3 Å². The van der Waals surface area contributed by atoms with E-state index in [1.54, 1.807) is 6.92 Å². The molecule has 0 spiro atoms. The van der Waals surface area contributed by atoms with Crippen molar-refractivity contribution >= 4 is 5.97 Å². The van der Waals surface area contributed by atoms with E-state index in [9.17, 15) is 9.90 Å². The molecule has 0 unspecified atom stereocenters. The molecule has 152 valence electrons. The van der Waals surface area contributed by atoms with E-state index in [-0.39, 0.29) is 18.1 Å². The number of carbonyl (C=O) groups excluding carboxylic acids is 1. The lowest BCUT2D eigenvalue weighted by Crippen LogP contribution is -2.40. The topological polar surface area (TPSA) is 74.2 Å². The van der Waals surface area contributed by atoms with Crippen molar-refractivity contribution in [2.24, 2.45) is 11.8 Å². The number of rotatable bonds is 9. The zero-order valence-electron chi connectivity index (χ0n) is 16.9. The molecule has 1 aromatic carbocycles. The average molecular weight is 380 g/mol. The monoisotopic (exact) mass is 380 g/mol. The standard InChI is InChI=1S/C21H32O6/c1-14(19(22)15(2)20(23)24-5)18(11-17-13-26-21(3,4)27-17)25-12-16-9-7-6-8-10-16/h6-10,14-15,17-19,22H,11-13H2,1-5H3/t14-,15-,17+,18-,19+/m1/s1. The normalized spacial score (nSPS) is 23.4. The smallest absolute Gasteiger partial charge is 0.311 e. The summed E-state index contributed by atoms with van der Waals surface area (Å²) in [5.41, 5.74) is 1.05. The first kappa shape index (κ1) is 21.8. The van der Waals surface area contributed by atoms with Crippen LogP contribution in [-0.2, 0) is 30.3 Å². The molecular weight excluding hydrogens is 348 g/mol. The van der Waals surface area contributed by atoms with Crippen molar-refractivity contribution in [1.82, 2.24) is 0 Å². The fourth-order valence-corrected chi connectivity index (χ4v) is 3.35. The highest BCUT2D eigenvalue weighted by atomic mass is 16.7. The molecular formula is C21H32O6. The van der Waals surface area contributed by atoms with Crippen LogP contribution in [-0.4, -0.2) is 48.9 Å². The van der Waals surface area contributed by atoms with Crippen LogP contribution in [0, 0.1) is 11.8 Å². The predicted octanol–water partition coefficient (Wildman–Crippen LogP) is 2.92. The molecule has 1 aliphatic rings. The fourth-order valence-electron chi connectivity index (χ4n) is 3.35. The molecule has 1 aliphatic heterocycles. The minimum Gasteiger partial charge on any atom is -0.469 e. The maximum absolute atomic E-state index is 11.8. The van der Waals surface area contributed by atoms with E-state index in [0.29, 0.717) is 19.6 Å². The number of aliphatic hydroxyl groups excluding tert-OH is 1. The lowest BCUT2D eigenvalue weighted by Gasteiger charge is -2.32. The predicted molar refractivity (Wildman–Crippen MR) is 101 cm³/mol. The third-order valence-electron chi connectivity index (χ3n) is 5.08. The number of ether oxygens (including phenoxy) is 4. The summed E-state index contributed by atoms with van der Waals surface area (Å²) in [7, 11) is 1.32. The first-order chi connectivity index (χ1) is 12.7. The van der Waals surface area contributed by atoms with Crippen molar-refractivity contribution in [2.75, 3.05) is 13.7 Å². The average Bonchev–Trinajstić information content (AvgIpc) is 3.01. The number of hydrogen-bond donors (Lipinski definition) is 1. The van der Waals surface area contributed by atoms with Crippen LogP contribution in [0.3, 0.4) is 0 Å². The van der Waals surface area contributed by atoms with Gasteiger partial charge in [-0.3, -0.25) is 4.79 Å². The molecule has 2 rings (SSSR count). The number of benzene rings is 1. The lowest BCUT2D eigenvalue weighted by atomic mass is 9.87. The number of aliphatic hydroxyl groups is 1. The summed E-state index contributed by atoms with van der Waals surface area (Å²) in [6, 6.07) is 9.86. The molecule has 0 radical (unpaired) electrons. The van der Waals surface area contributed by atoms with Crippen molar-refractivity contribution in [3.63, 3.8) is 0 Å². The molecule has 0 bridgehead atoms. The Hall–Kier alpha value is -1.47. The van der Waals surface area contributed by atoms with Crippen molar-refractivity contribution in [3.8, 4) is 0 Å². The first-order valence-electron chi connectivity index (χ1n) is 9.46. The minimum absolute atomic E-state index is 0.121. The van der Waals surface area contributed by atoms with Crippen molar-refractivity contribution in [2.45, 2.75) is 64.8 Å². The largest absolute Gasteiger partial charge is 0.469 e. The van der Waals surface area contributed by atoms with Gasteiger partial charge in [-0.1, -0.05) is 37.3 Å². The number of esters is 1. The summed E-state index contributed by atoms with van der Waals surface area (Å²) in [6.07, 6.45) is -0.727. The molecule has 27 heavy (non-hydrogen) atoms. The van der Waals surface area contributed by atoms with Gasteiger partial charge >= 0.3 is 5.97 Å². The van der Waals surface area contributed by atoms with E-state index in [2.05, 4.69) is 0 Å². The molecule has 0 aliphatic carbocycles. The second-order valence-corrected chi connectivity index (χ2v) is 7.68. The Morgan fingerprint density at radius 2 is 1.96 bits per heavy atom. The van der Waals surface area contributed by atoms with E-state index in [4.69, 9.17) is 18.9 Å². The molecule has 1 fully saturated rings. The van der Waals surface area contributed by atoms with Gasteiger partial charge in [-0.25, -0.2) is 0 Å². The Morgan fingerprint density at radius 3 is 2.52 bits per heavy atom. The van der Waals surface area contributed by atoms with Gasteiger partial charge in [0.2, 0.25) is 0 Å². The highest BCUT2D eigenvalue weighted by Crippen LogP contribution is 2.30. The zero-order valence-corrected chi connectivity index (χ0v) is 16.9. The summed E-state index contributed by atoms with van der Waals surface area (Å²) in [4.78, 5) is 11.8. The quantitative estimate of drug-likeness (QED) is 0.664. The lowest BCUT2D eigenvalue weighted by molar-refractivity contribution is -0.154. The number of methoxy groups -OCH3 is 1. The van der Waals surface area contributed by atoms with Gasteiger partial charge in [-0.2, -0.15) is 0 Å². The number of carbonyl (C=O) groups is 1. The third-order valence-corrected chi connectivity index (χ3v) is 5.08. The van der Waals surface area contributed by atoms with Crippen molar-refractivity contribution in [3.05, 3.63) is 35.9 Å². The van der Waals surface area contributed by atoms with E-state index in [1.807, 2.05) is 51.1 Å². The summed E-state index contributed by atoms with van der Waals surface area (Å²) in [5.74, 6) is -1.96. The Bertz CT molecular complexity index is 588. The van der Waals surface area contributed by atoms with Crippen LogP contribution in [0.15, 0.2) is 30.3 Å². The van der Waals surface area contributed by atoms with Crippen LogP contribution in [0.2, 0.25) is 0 Å². The molecule has 6 nitrogen and oxygen atoms in total. The second-order valence-electron chi connectivity index (χ2n) is 7.68. The maximum Gasteiger partial charge on any atom is 0.311 e. The SMILES string of the molecule is COC(=O)[C@H](C)[C@@H](O)[C@H](C)[C@@H](C[C@H]1COC(C)(C)O1)OCc1ccccc1. The minimum atomic E-state index is -0.881. The van der Waals surface area contributed by atoms with Crippen LogP contribution in [0.5, 0.6) is 0 Å². The van der Waals surface area contributed by atoms with E-state index in [0.717, 1.165) is 5.56 Å². The molecule has 5 atom stereocenters. The third kappa shape index (κ3) is 6.28. The van der Waals surface area contributed by atoms with Crippen LogP contribution in [0.1, 0.15) is 39.7 Å². The molecule has 1 saturated heterocycles. The molecule has 6 heteroatoms. The van der Waals surface area contributed by atoms with Gasteiger partial charge in [0.05, 0.1) is 44.6 Å². The second kappa shape index (κ2) is 9.64. The summed E-state index contributed by atoms with van der Waals surface area (Å²) in [6.45, 7) is 8.22. The van der Waals surface area contributed by atoms with Gasteiger partial charge in [0.1, 0.15) is 0 Å².